The summed E-state index contributed by atoms with van der Waals surface area (Å²) in [7, 11) is 0. The molecule has 1 heterocycles. The Morgan fingerprint density at radius 2 is 2.00 bits per heavy atom. The second-order valence-corrected chi connectivity index (χ2v) is 6.52. The van der Waals surface area contributed by atoms with Crippen LogP contribution < -0.4 is 11.1 Å². The molecule has 0 saturated heterocycles. The maximum atomic E-state index is 11.7. The van der Waals surface area contributed by atoms with Gasteiger partial charge in [-0.15, -0.1) is 11.3 Å². The Kier molecular flexibility index (Phi) is 6.98. The number of rotatable bonds is 8. The fourth-order valence-corrected chi connectivity index (χ4v) is 3.17. The molecule has 0 fully saturated rings. The van der Waals surface area contributed by atoms with Crippen LogP contribution in [0.5, 0.6) is 0 Å². The summed E-state index contributed by atoms with van der Waals surface area (Å²) in [5.74, 6) is -0.348. The van der Waals surface area contributed by atoms with Crippen molar-refractivity contribution in [3.05, 3.63) is 10.9 Å². The number of anilines is 2. The van der Waals surface area contributed by atoms with Crippen molar-refractivity contribution in [1.82, 2.24) is 4.90 Å². The quantitative estimate of drug-likeness (QED) is 0.722. The molecule has 1 aromatic heterocycles. The van der Waals surface area contributed by atoms with E-state index in [9.17, 15) is 4.79 Å². The van der Waals surface area contributed by atoms with Crippen LogP contribution in [0, 0.1) is 0 Å². The van der Waals surface area contributed by atoms with Crippen LogP contribution in [-0.4, -0.2) is 42.6 Å². The Hall–Kier alpha value is -1.27. The van der Waals surface area contributed by atoms with Crippen molar-refractivity contribution in [2.24, 2.45) is 0 Å². The summed E-state index contributed by atoms with van der Waals surface area (Å²) in [5.41, 5.74) is 6.34. The van der Waals surface area contributed by atoms with Gasteiger partial charge in [0, 0.05) is 25.2 Å². The van der Waals surface area contributed by atoms with Gasteiger partial charge in [-0.25, -0.2) is 4.79 Å². The van der Waals surface area contributed by atoms with Gasteiger partial charge in [0.2, 0.25) is 0 Å². The summed E-state index contributed by atoms with van der Waals surface area (Å²) >= 11 is 1.35. The summed E-state index contributed by atoms with van der Waals surface area (Å²) in [5, 5.41) is 4.24. The Labute approximate surface area is 131 Å². The molecular weight excluding hydrogens is 286 g/mol. The van der Waals surface area contributed by atoms with Gasteiger partial charge < -0.3 is 15.8 Å². The first-order chi connectivity index (χ1) is 9.86. The summed E-state index contributed by atoms with van der Waals surface area (Å²) < 4.78 is 4.98. The van der Waals surface area contributed by atoms with Gasteiger partial charge in [0.15, 0.2) is 0 Å². The van der Waals surface area contributed by atoms with E-state index in [1.807, 2.05) is 0 Å². The largest absolute Gasteiger partial charge is 0.462 e. The number of hydrogen-bond acceptors (Lipinski definition) is 6. The van der Waals surface area contributed by atoms with Crippen LogP contribution in [0.25, 0.3) is 0 Å². The molecule has 1 aromatic rings. The molecule has 1 rings (SSSR count). The highest BCUT2D eigenvalue weighted by atomic mass is 32.1. The standard InChI is InChI=1S/C15H27N3O2S/c1-6-20-15(19)14-12(16)9-13(21-14)17-7-8-18(10(2)3)11(4)5/h9-11,17H,6-8,16H2,1-5H3. The summed E-state index contributed by atoms with van der Waals surface area (Å²) in [6.07, 6.45) is 0. The van der Waals surface area contributed by atoms with Crippen molar-refractivity contribution in [2.75, 3.05) is 30.7 Å². The minimum Gasteiger partial charge on any atom is -0.462 e. The lowest BCUT2D eigenvalue weighted by molar-refractivity contribution is 0.0533. The number of carbonyl (C=O) groups excluding carboxylic acids is 1. The van der Waals surface area contributed by atoms with Crippen LogP contribution in [0.15, 0.2) is 6.07 Å². The first-order valence-electron chi connectivity index (χ1n) is 7.42. The van der Waals surface area contributed by atoms with Crippen molar-refractivity contribution in [1.29, 1.82) is 0 Å². The van der Waals surface area contributed by atoms with Gasteiger partial charge >= 0.3 is 5.97 Å². The first-order valence-corrected chi connectivity index (χ1v) is 8.24. The molecule has 5 nitrogen and oxygen atoms in total. The maximum absolute atomic E-state index is 11.7. The molecule has 0 bridgehead atoms. The summed E-state index contributed by atoms with van der Waals surface area (Å²) in [6, 6.07) is 2.82. The number of esters is 1. The number of ether oxygens (including phenoxy) is 1. The fraction of sp³-hybridized carbons (Fsp3) is 0.667. The second kappa shape index (κ2) is 8.24. The van der Waals surface area contributed by atoms with Crippen molar-refractivity contribution >= 4 is 28.0 Å². The molecule has 0 amide bonds. The number of thiophene rings is 1. The molecule has 0 spiro atoms. The second-order valence-electron chi connectivity index (χ2n) is 5.47. The first kappa shape index (κ1) is 17.8. The van der Waals surface area contributed by atoms with Gasteiger partial charge in [-0.1, -0.05) is 0 Å². The average molecular weight is 313 g/mol. The Morgan fingerprint density at radius 3 is 2.52 bits per heavy atom. The highest BCUT2D eigenvalue weighted by molar-refractivity contribution is 7.18. The third kappa shape index (κ3) is 5.21. The number of nitrogens with two attached hydrogens (primary N) is 1. The molecule has 21 heavy (non-hydrogen) atoms. The number of hydrogen-bond donors (Lipinski definition) is 2. The van der Waals surface area contributed by atoms with Gasteiger partial charge in [-0.2, -0.15) is 0 Å². The highest BCUT2D eigenvalue weighted by Crippen LogP contribution is 2.29. The van der Waals surface area contributed by atoms with E-state index < -0.39 is 0 Å². The predicted octanol–water partition coefficient (Wildman–Crippen LogP) is 3.04. The zero-order valence-corrected chi connectivity index (χ0v) is 14.4. The van der Waals surface area contributed by atoms with Gasteiger partial charge in [0.1, 0.15) is 4.88 Å². The molecular formula is C15H27N3O2S. The van der Waals surface area contributed by atoms with Crippen LogP contribution in [0.2, 0.25) is 0 Å². The van der Waals surface area contributed by atoms with E-state index in [4.69, 9.17) is 10.5 Å². The summed E-state index contributed by atoms with van der Waals surface area (Å²) in [4.78, 5) is 14.6. The van der Waals surface area contributed by atoms with Crippen molar-refractivity contribution in [3.8, 4) is 0 Å². The van der Waals surface area contributed by atoms with Crippen molar-refractivity contribution in [3.63, 3.8) is 0 Å². The van der Waals surface area contributed by atoms with E-state index in [-0.39, 0.29) is 5.97 Å². The molecule has 120 valence electrons. The van der Waals surface area contributed by atoms with Crippen LogP contribution in [-0.2, 0) is 4.74 Å². The Bertz CT molecular complexity index is 450. The topological polar surface area (TPSA) is 67.6 Å². The smallest absolute Gasteiger partial charge is 0.350 e. The normalized spacial score (nSPS) is 11.4. The van der Waals surface area contributed by atoms with E-state index in [0.29, 0.717) is 29.3 Å². The fourth-order valence-electron chi connectivity index (χ4n) is 2.27. The van der Waals surface area contributed by atoms with Crippen LogP contribution in [0.3, 0.4) is 0 Å². The van der Waals surface area contributed by atoms with Gasteiger partial charge in [-0.05, 0) is 40.7 Å². The predicted molar refractivity (Wildman–Crippen MR) is 90.2 cm³/mol. The zero-order valence-electron chi connectivity index (χ0n) is 13.6. The van der Waals surface area contributed by atoms with Gasteiger partial charge in [0.25, 0.3) is 0 Å². The lowest BCUT2D eigenvalue weighted by atomic mass is 10.2. The molecule has 0 atom stereocenters. The van der Waals surface area contributed by atoms with E-state index >= 15 is 0 Å². The molecule has 6 heteroatoms. The molecule has 3 N–H and O–H groups in total. The average Bonchev–Trinajstić information content (AvgIpc) is 2.75. The monoisotopic (exact) mass is 313 g/mol. The molecule has 0 aliphatic carbocycles. The van der Waals surface area contributed by atoms with Crippen LogP contribution in [0.1, 0.15) is 44.3 Å². The molecule has 0 unspecified atom stereocenters. The number of nitrogen functional groups attached to an aromatic ring is 1. The molecule has 0 aliphatic rings. The minimum absolute atomic E-state index is 0.348. The lowest BCUT2D eigenvalue weighted by Gasteiger charge is -2.30. The van der Waals surface area contributed by atoms with Gasteiger partial charge in [-0.3, -0.25) is 4.90 Å². The van der Waals surface area contributed by atoms with Crippen molar-refractivity contribution in [2.45, 2.75) is 46.7 Å². The molecule has 0 saturated carbocycles. The van der Waals surface area contributed by atoms with E-state index in [1.165, 1.54) is 11.3 Å². The molecule has 0 aliphatic heterocycles. The lowest BCUT2D eigenvalue weighted by Crippen LogP contribution is -2.40. The van der Waals surface area contributed by atoms with Crippen LogP contribution in [0.4, 0.5) is 10.7 Å². The number of nitrogens with zero attached hydrogens (tertiary/aromatic N) is 1. The Morgan fingerprint density at radius 1 is 1.38 bits per heavy atom. The van der Waals surface area contributed by atoms with Crippen LogP contribution >= 0.6 is 11.3 Å². The van der Waals surface area contributed by atoms with Gasteiger partial charge in [0.05, 0.1) is 17.3 Å². The summed E-state index contributed by atoms with van der Waals surface area (Å²) in [6.45, 7) is 12.7. The molecule has 0 radical (unpaired) electrons. The zero-order chi connectivity index (χ0) is 16.0. The number of nitrogens with one attached hydrogen (secondary N) is 1. The third-order valence-electron chi connectivity index (χ3n) is 3.22. The minimum atomic E-state index is -0.348. The SMILES string of the molecule is CCOC(=O)c1sc(NCCN(C(C)C)C(C)C)cc1N. The van der Waals surface area contributed by atoms with E-state index in [0.717, 1.165) is 18.1 Å². The third-order valence-corrected chi connectivity index (χ3v) is 4.31. The maximum Gasteiger partial charge on any atom is 0.350 e. The van der Waals surface area contributed by atoms with E-state index in [2.05, 4.69) is 37.9 Å². The van der Waals surface area contributed by atoms with Crippen molar-refractivity contribution < 1.29 is 9.53 Å². The van der Waals surface area contributed by atoms with E-state index in [1.54, 1.807) is 13.0 Å². The highest BCUT2D eigenvalue weighted by Gasteiger charge is 2.16. The Balaban J connectivity index is 2.57. The molecule has 0 aromatic carbocycles. The number of carbonyl (C=O) groups is 1.